The average molecular weight is 180 g/mol. The van der Waals surface area contributed by atoms with E-state index in [2.05, 4.69) is 48.1 Å². The van der Waals surface area contributed by atoms with E-state index in [1.165, 1.54) is 0 Å². The van der Waals surface area contributed by atoms with E-state index in [1.807, 2.05) is 0 Å². The monoisotopic (exact) mass is 180 g/mol. The maximum absolute atomic E-state index is 3.67. The molecule has 0 nitrogen and oxygen atoms in total. The van der Waals surface area contributed by atoms with Gasteiger partial charge in [0.2, 0.25) is 0 Å². The van der Waals surface area contributed by atoms with Crippen molar-refractivity contribution in [3.63, 3.8) is 0 Å². The molecule has 0 heteroatoms. The highest BCUT2D eigenvalue weighted by molar-refractivity contribution is 4.95. The van der Waals surface area contributed by atoms with Crippen molar-refractivity contribution in [2.45, 2.75) is 32.1 Å². The molecule has 0 radical (unpaired) electrons. The summed E-state index contributed by atoms with van der Waals surface area (Å²) in [6, 6.07) is 0. The summed E-state index contributed by atoms with van der Waals surface area (Å²) in [5.74, 6) is 0. The van der Waals surface area contributed by atoms with E-state index >= 15 is 0 Å². The molecule has 0 atom stereocenters. The van der Waals surface area contributed by atoms with E-state index in [0.29, 0.717) is 0 Å². The molecule has 0 bridgehead atoms. The van der Waals surface area contributed by atoms with Gasteiger partial charge in [-0.05, 0) is 6.42 Å². The van der Waals surface area contributed by atoms with Gasteiger partial charge in [0.1, 0.15) is 6.42 Å². The van der Waals surface area contributed by atoms with E-state index in [9.17, 15) is 0 Å². The Morgan fingerprint density at radius 1 is 1.08 bits per heavy atom. The third-order valence-corrected chi connectivity index (χ3v) is 0.957. The second kappa shape index (κ2) is 22.5. The smallest absolute Gasteiger partial charge is 0.103 e. The summed E-state index contributed by atoms with van der Waals surface area (Å²) in [6.45, 7) is 24.7. The van der Waals surface area contributed by atoms with Crippen LogP contribution in [0.4, 0.5) is 0 Å². The first-order chi connectivity index (χ1) is 6.14. The zero-order valence-electron chi connectivity index (χ0n) is 8.99. The van der Waals surface area contributed by atoms with Crippen LogP contribution in [0, 0.1) is 41.5 Å². The fraction of sp³-hybridized carbons (Fsp3) is 0.385. The van der Waals surface area contributed by atoms with E-state index in [1.54, 1.807) is 0 Å². The van der Waals surface area contributed by atoms with E-state index in [-0.39, 0.29) is 0 Å². The van der Waals surface area contributed by atoms with Crippen LogP contribution in [0.3, 0.4) is 0 Å². The van der Waals surface area contributed by atoms with E-state index < -0.39 is 0 Å². The van der Waals surface area contributed by atoms with Crippen molar-refractivity contribution < 1.29 is 0 Å². The molecule has 0 aliphatic rings. The van der Waals surface area contributed by atoms with Crippen molar-refractivity contribution in [1.82, 2.24) is 0 Å². The van der Waals surface area contributed by atoms with Crippen LogP contribution in [-0.2, 0) is 0 Å². The van der Waals surface area contributed by atoms with Gasteiger partial charge in [-0.2, -0.15) is 6.42 Å². The lowest BCUT2D eigenvalue weighted by atomic mass is 10.2. The number of hydrogen-bond acceptors (Lipinski definition) is 0. The molecule has 0 N–H and O–H groups in total. The number of hydrogen-bond donors (Lipinski definition) is 0. The molecule has 0 amide bonds. The van der Waals surface area contributed by atoms with E-state index in [0.717, 1.165) is 37.7 Å². The van der Waals surface area contributed by atoms with Gasteiger partial charge in [0.05, 0.1) is 20.3 Å². The van der Waals surface area contributed by atoms with Crippen molar-refractivity contribution in [3.8, 4) is 0 Å². The van der Waals surface area contributed by atoms with Crippen molar-refractivity contribution in [2.75, 3.05) is 0 Å². The van der Waals surface area contributed by atoms with E-state index in [4.69, 9.17) is 0 Å². The maximum Gasteiger partial charge on any atom is 0.103 e. The average Bonchev–Trinajstić information content (AvgIpc) is 2.18. The van der Waals surface area contributed by atoms with Crippen LogP contribution in [-0.4, -0.2) is 0 Å². The largest absolute Gasteiger partial charge is 0.339 e. The highest BCUT2D eigenvalue weighted by Crippen LogP contribution is 1.97. The zero-order valence-corrected chi connectivity index (χ0v) is 8.99. The summed E-state index contributed by atoms with van der Waals surface area (Å²) >= 11 is 0. The Balaban J connectivity index is -0.000000125. The van der Waals surface area contributed by atoms with Crippen LogP contribution in [0.1, 0.15) is 32.1 Å². The molecule has 0 fully saturated rings. The summed E-state index contributed by atoms with van der Waals surface area (Å²) in [5, 5.41) is 0. The van der Waals surface area contributed by atoms with Crippen LogP contribution in [0.2, 0.25) is 0 Å². The van der Waals surface area contributed by atoms with Crippen LogP contribution in [0.25, 0.3) is 0 Å². The topological polar surface area (TPSA) is 0 Å². The second-order valence-electron chi connectivity index (χ2n) is 2.31. The van der Waals surface area contributed by atoms with Gasteiger partial charge in [0.15, 0.2) is 0 Å². The minimum atomic E-state index is 0.750. The van der Waals surface area contributed by atoms with Gasteiger partial charge in [-0.3, -0.25) is 6.92 Å². The quantitative estimate of drug-likeness (QED) is 0.444. The molecular formula is C13H24. The molecule has 0 aliphatic heterocycles. The molecule has 0 aromatic heterocycles. The van der Waals surface area contributed by atoms with Gasteiger partial charge >= 0.3 is 0 Å². The molecule has 0 heterocycles. The van der Waals surface area contributed by atoms with Gasteiger partial charge in [-0.1, -0.05) is 12.2 Å². The molecule has 0 rings (SSSR count). The van der Waals surface area contributed by atoms with Gasteiger partial charge in [0.25, 0.3) is 0 Å². The first-order valence-corrected chi connectivity index (χ1v) is 4.56. The molecule has 0 unspecified atom stereocenters. The normalized spacial score (nSPS) is 7.31. The first-order valence-electron chi connectivity index (χ1n) is 4.56. The third-order valence-electron chi connectivity index (χ3n) is 0.957. The Hall–Kier alpha value is -0.650. The molecule has 13 heavy (non-hydrogen) atoms. The molecule has 0 aromatic carbocycles. The Morgan fingerprint density at radius 2 is 1.38 bits per heavy atom. The Labute approximate surface area is 86.4 Å². The highest BCUT2D eigenvalue weighted by atomic mass is 13.8. The Bertz CT molecular complexity index is 64.1. The van der Waals surface area contributed by atoms with Crippen LogP contribution >= 0.6 is 0 Å². The number of unbranched alkanes of at least 4 members (excludes halogenated alkanes) is 1. The van der Waals surface area contributed by atoms with Crippen LogP contribution in [0.15, 0.2) is 12.2 Å². The standard InChI is InChI=1S/C6H10.C4H8.C3H6/c1-4-6(3)5-2;1-3-4-2;1-3-2/h1-5H2;1-4H2;1-3H2. The summed E-state index contributed by atoms with van der Waals surface area (Å²) in [5.41, 5.74) is 1.12. The van der Waals surface area contributed by atoms with Crippen molar-refractivity contribution in [1.29, 1.82) is 0 Å². The van der Waals surface area contributed by atoms with Crippen molar-refractivity contribution >= 4 is 0 Å². The minimum absolute atomic E-state index is 0.750. The summed E-state index contributed by atoms with van der Waals surface area (Å²) < 4.78 is 0. The molecule has 76 valence electrons. The fourth-order valence-corrected chi connectivity index (χ4v) is 0.125. The molecule has 0 saturated heterocycles. The first kappa shape index (κ1) is 18.2. The fourth-order valence-electron chi connectivity index (χ4n) is 0.125. The second-order valence-corrected chi connectivity index (χ2v) is 2.31. The molecule has 0 spiro atoms. The predicted octanol–water partition coefficient (Wildman–Crippen LogP) is 4.47. The van der Waals surface area contributed by atoms with Crippen LogP contribution < -0.4 is 0 Å². The Morgan fingerprint density at radius 3 is 1.38 bits per heavy atom. The summed E-state index contributed by atoms with van der Waals surface area (Å²) in [4.78, 5) is 0. The third kappa shape index (κ3) is 52.4. The number of allylic oxidation sites excluding steroid dienone is 1. The molecule has 0 saturated carbocycles. The molecule has 0 aliphatic carbocycles. The Kier molecular flexibility index (Phi) is 31.5. The van der Waals surface area contributed by atoms with Gasteiger partial charge in [0, 0.05) is 6.92 Å². The van der Waals surface area contributed by atoms with Gasteiger partial charge in [-0.15, -0.1) is 6.42 Å². The zero-order chi connectivity index (χ0) is 11.1. The summed E-state index contributed by atoms with van der Waals surface area (Å²) in [7, 11) is 0. The highest BCUT2D eigenvalue weighted by Gasteiger charge is 1.79. The lowest BCUT2D eigenvalue weighted by Gasteiger charge is -1.90. The molecule has 0 aromatic rings. The lowest BCUT2D eigenvalue weighted by Crippen LogP contribution is -1.69. The lowest BCUT2D eigenvalue weighted by molar-refractivity contribution is 1.05. The molecular weight excluding hydrogens is 156 g/mol. The summed E-state index contributed by atoms with van der Waals surface area (Å²) in [6.07, 6.45) is 4.31. The predicted molar refractivity (Wildman–Crippen MR) is 64.4 cm³/mol. The number of rotatable bonds is 3. The van der Waals surface area contributed by atoms with Crippen LogP contribution in [0.5, 0.6) is 0 Å². The van der Waals surface area contributed by atoms with Gasteiger partial charge in [-0.25, -0.2) is 0 Å². The SMILES string of the molecule is C=C(C[CH2+])C[CH2-].[CH2+]CC[CH2-].[CH2+]C[CH2-]. The van der Waals surface area contributed by atoms with Crippen molar-refractivity contribution in [2.24, 2.45) is 0 Å². The van der Waals surface area contributed by atoms with Crippen molar-refractivity contribution in [3.05, 3.63) is 53.7 Å². The maximum atomic E-state index is 3.67. The van der Waals surface area contributed by atoms with Gasteiger partial charge < -0.3 is 13.8 Å². The minimum Gasteiger partial charge on any atom is -0.339 e.